The summed E-state index contributed by atoms with van der Waals surface area (Å²) in [6, 6.07) is 52.8. The Bertz CT molecular complexity index is 2160. The molecule has 0 nitrogen and oxygen atoms in total. The smallest absolute Gasteiger partial charge is 0.0553 e. The second-order valence-corrected chi connectivity index (χ2v) is 21.5. The molecule has 0 unspecified atom stereocenters. The fourth-order valence-electron chi connectivity index (χ4n) is 7.70. The first-order chi connectivity index (χ1) is 27.3. The van der Waals surface area contributed by atoms with Crippen LogP contribution in [0.2, 0.25) is 0 Å². The molecule has 0 heterocycles. The second kappa shape index (κ2) is 22.3. The van der Waals surface area contributed by atoms with Crippen LogP contribution in [0.5, 0.6) is 0 Å². The molecule has 12 rings (SSSR count). The van der Waals surface area contributed by atoms with Gasteiger partial charge in [-0.05, 0) is 0 Å². The maximum atomic E-state index is 2.29. The zero-order valence-corrected chi connectivity index (χ0v) is 41.0. The van der Waals surface area contributed by atoms with Gasteiger partial charge in [0.05, 0.1) is 0 Å². The van der Waals surface area contributed by atoms with Crippen molar-refractivity contribution in [2.45, 2.75) is 103 Å². The summed E-state index contributed by atoms with van der Waals surface area (Å²) in [5.41, 5.74) is 6.30. The van der Waals surface area contributed by atoms with Gasteiger partial charge in [-0.1, -0.05) is 99.3 Å². The van der Waals surface area contributed by atoms with Crippen molar-refractivity contribution in [3.63, 3.8) is 0 Å². The Labute approximate surface area is 389 Å². The topological polar surface area (TPSA) is 0 Å². The van der Waals surface area contributed by atoms with Gasteiger partial charge in [-0.25, -0.2) is 0 Å². The molecule has 0 saturated heterocycles. The number of halogens is 2. The number of hydrogen-bond acceptors (Lipinski definition) is 0. The van der Waals surface area contributed by atoms with Gasteiger partial charge in [-0.15, -0.1) is 164 Å². The van der Waals surface area contributed by atoms with Crippen LogP contribution in [0.3, 0.4) is 0 Å². The molecule has 0 amide bonds. The average molecular weight is 958 g/mol. The van der Waals surface area contributed by atoms with Gasteiger partial charge in [0.15, 0.2) is 0 Å². The van der Waals surface area contributed by atoms with E-state index in [0.717, 1.165) is 23.7 Å². The van der Waals surface area contributed by atoms with E-state index >= 15 is 0 Å². The fraction of sp³-hybridized carbons (Fsp3) is 0.296. The van der Waals surface area contributed by atoms with Gasteiger partial charge in [-0.2, -0.15) is 22.3 Å². The summed E-state index contributed by atoms with van der Waals surface area (Å²) >= 11 is 3.11. The van der Waals surface area contributed by atoms with Crippen molar-refractivity contribution in [3.8, 4) is 0 Å². The van der Waals surface area contributed by atoms with E-state index in [1.807, 2.05) is 0 Å². The van der Waals surface area contributed by atoms with Crippen molar-refractivity contribution >= 4 is 49.5 Å². The van der Waals surface area contributed by atoms with Gasteiger partial charge in [0.1, 0.15) is 0 Å². The normalized spacial score (nSPS) is 15.0. The third-order valence-electron chi connectivity index (χ3n) is 10.9. The van der Waals surface area contributed by atoms with Gasteiger partial charge < -0.3 is 24.8 Å². The first-order valence-electron chi connectivity index (χ1n) is 20.9. The van der Waals surface area contributed by atoms with Crippen LogP contribution in [0.15, 0.2) is 146 Å². The fourth-order valence-corrected chi connectivity index (χ4v) is 7.70. The van der Waals surface area contributed by atoms with Gasteiger partial charge in [-0.3, -0.25) is 0 Å². The molecule has 8 aromatic carbocycles. The molecule has 4 saturated carbocycles. The predicted molar refractivity (Wildman–Crippen MR) is 239 cm³/mol. The first kappa shape index (κ1) is 46.5. The molecule has 0 N–H and O–H groups in total. The quantitative estimate of drug-likeness (QED) is 0.155. The van der Waals surface area contributed by atoms with Gasteiger partial charge >= 0.3 is 82.6 Å². The van der Waals surface area contributed by atoms with Crippen molar-refractivity contribution in [1.82, 2.24) is 0 Å². The van der Waals surface area contributed by atoms with Crippen LogP contribution in [-0.4, -0.2) is 6.41 Å². The minimum atomic E-state index is 0. The van der Waals surface area contributed by atoms with Crippen LogP contribution in [0.25, 0.3) is 43.1 Å². The van der Waals surface area contributed by atoms with Crippen LogP contribution in [0, 0.1) is 0 Å². The summed E-state index contributed by atoms with van der Waals surface area (Å²) in [7, 11) is 0. The summed E-state index contributed by atoms with van der Waals surface area (Å²) in [5, 5.41) is 11.5. The third kappa shape index (κ3) is 13.2. The van der Waals surface area contributed by atoms with Crippen LogP contribution in [0.1, 0.15) is 125 Å². The zero-order chi connectivity index (χ0) is 39.0. The average Bonchev–Trinajstić information content (AvgIpc) is 4.04. The SMILES string of the molecule is C[C](C)=[Zr+2].C[C](C)=[Zr+2].[Cl-].[Cl-].c1ccc2c(C3CC3)c[cH-]c2c1.c1ccc2c(C3CC3)c[cH-]c2c1.c1ccc2c(C3CC3)c[cH-]c2c1.c1ccc2c(C3CC3)c[cH-]c2c1. The first-order valence-corrected chi connectivity index (χ1v) is 23.3. The molecule has 8 aromatic rings. The van der Waals surface area contributed by atoms with Gasteiger partial charge in [0.2, 0.25) is 0 Å². The Hall–Kier alpha value is -2.59. The maximum Gasteiger partial charge on any atom is -0.0553 e. The Morgan fingerprint density at radius 3 is 0.707 bits per heavy atom. The molecule has 0 atom stereocenters. The number of fused-ring (bicyclic) bond motifs is 4. The monoisotopic (exact) mass is 954 g/mol. The van der Waals surface area contributed by atoms with E-state index in [1.54, 1.807) is 70.7 Å². The molecule has 58 heavy (non-hydrogen) atoms. The minimum absolute atomic E-state index is 0. The van der Waals surface area contributed by atoms with Crippen molar-refractivity contribution in [3.05, 3.63) is 168 Å². The second-order valence-electron chi connectivity index (χ2n) is 16.6. The van der Waals surface area contributed by atoms with Crippen LogP contribution in [-0.2, 0) is 48.5 Å². The largest absolute Gasteiger partial charge is 1.00 e. The van der Waals surface area contributed by atoms with Crippen molar-refractivity contribution in [1.29, 1.82) is 0 Å². The van der Waals surface area contributed by atoms with E-state index in [-0.39, 0.29) is 24.8 Å². The van der Waals surface area contributed by atoms with Crippen LogP contribution in [0.4, 0.5) is 0 Å². The number of benzene rings is 4. The molecule has 4 aliphatic carbocycles. The molecule has 4 fully saturated rings. The van der Waals surface area contributed by atoms with Crippen molar-refractivity contribution in [2.24, 2.45) is 0 Å². The molecular weight excluding hydrogens is 902 g/mol. The molecule has 0 radical (unpaired) electrons. The molecule has 0 spiro atoms. The van der Waals surface area contributed by atoms with Gasteiger partial charge in [0, 0.05) is 0 Å². The zero-order valence-electron chi connectivity index (χ0n) is 34.6. The van der Waals surface area contributed by atoms with E-state index in [2.05, 4.69) is 173 Å². The van der Waals surface area contributed by atoms with Crippen molar-refractivity contribution < 1.29 is 73.3 Å². The standard InChI is InChI=1S/4C12H11.2C3H6.2ClH.2Zr/c4*1-2-4-11-9(3-1)7-8-12(11)10-5-6-10;2*1-3-2;;;;/h4*1-4,7-8,10H,5-6H2;2*1-2H3;2*1H;;/q4*-1;;;;;2*+2/p-2. The number of hydrogen-bond donors (Lipinski definition) is 0. The molecule has 4 aliphatic rings. The summed E-state index contributed by atoms with van der Waals surface area (Å²) in [5.74, 6) is 3.52. The molecule has 0 aromatic heterocycles. The molecule has 4 heteroatoms. The van der Waals surface area contributed by atoms with E-state index in [9.17, 15) is 0 Å². The summed E-state index contributed by atoms with van der Waals surface area (Å²) in [6.45, 7) is 8.49. The Kier molecular flexibility index (Phi) is 17.9. The Morgan fingerprint density at radius 2 is 0.534 bits per heavy atom. The maximum absolute atomic E-state index is 2.29. The molecule has 0 bridgehead atoms. The van der Waals surface area contributed by atoms with E-state index in [4.69, 9.17) is 0 Å². The van der Waals surface area contributed by atoms with E-state index < -0.39 is 0 Å². The summed E-state index contributed by atoms with van der Waals surface area (Å²) < 4.78 is 3.01. The summed E-state index contributed by atoms with van der Waals surface area (Å²) in [6.07, 6.45) is 11.2. The third-order valence-corrected chi connectivity index (χ3v) is 10.9. The van der Waals surface area contributed by atoms with Crippen molar-refractivity contribution in [2.75, 3.05) is 0 Å². The van der Waals surface area contributed by atoms with Gasteiger partial charge in [0.25, 0.3) is 0 Å². The Balaban J connectivity index is 0.000000137. The predicted octanol–water partition coefficient (Wildman–Crippen LogP) is 9.24. The minimum Gasteiger partial charge on any atom is -1.00 e. The van der Waals surface area contributed by atoms with E-state index in [0.29, 0.717) is 0 Å². The van der Waals surface area contributed by atoms with Crippen LogP contribution >= 0.6 is 0 Å². The summed E-state index contributed by atoms with van der Waals surface area (Å²) in [4.78, 5) is 0. The van der Waals surface area contributed by atoms with Crippen LogP contribution < -0.4 is 24.8 Å². The molecular formula is C54H56Cl2Zr2-2. The molecule has 0 aliphatic heterocycles. The Morgan fingerprint density at radius 1 is 0.362 bits per heavy atom. The van der Waals surface area contributed by atoms with E-state index in [1.165, 1.54) is 101 Å². The number of rotatable bonds is 4. The molecule has 296 valence electrons.